The van der Waals surface area contributed by atoms with Crippen molar-refractivity contribution in [2.45, 2.75) is 13.5 Å². The molecule has 4 nitrogen and oxygen atoms in total. The first kappa shape index (κ1) is 11.5. The van der Waals surface area contributed by atoms with Gasteiger partial charge in [0.1, 0.15) is 11.3 Å². The predicted octanol–water partition coefficient (Wildman–Crippen LogP) is 1.85. The molecular weight excluding hydrogens is 196 g/mol. The molecule has 0 saturated heterocycles. The van der Waals surface area contributed by atoms with E-state index in [0.717, 1.165) is 5.56 Å². The van der Waals surface area contributed by atoms with Crippen LogP contribution in [0.3, 0.4) is 0 Å². The highest BCUT2D eigenvalue weighted by atomic mass is 16.5. The van der Waals surface area contributed by atoms with Crippen LogP contribution in [-0.4, -0.2) is 25.3 Å². The van der Waals surface area contributed by atoms with Crippen LogP contribution in [0.2, 0.25) is 0 Å². The molecule has 0 spiro atoms. The summed E-state index contributed by atoms with van der Waals surface area (Å²) < 4.78 is 10.0. The third-order valence-corrected chi connectivity index (χ3v) is 2.16. The first-order valence-electron chi connectivity index (χ1n) is 4.50. The molecule has 0 aliphatic carbocycles. The van der Waals surface area contributed by atoms with Crippen LogP contribution in [0.5, 0.6) is 5.75 Å². The topological polar surface area (TPSA) is 55.8 Å². The number of carbonyl (C=O) groups is 1. The molecular formula is C11H14O4. The molecule has 0 atom stereocenters. The summed E-state index contributed by atoms with van der Waals surface area (Å²) in [7, 11) is 2.99. The molecule has 4 heteroatoms. The smallest absolute Gasteiger partial charge is 0.339 e. The Hall–Kier alpha value is -1.55. The van der Waals surface area contributed by atoms with E-state index in [2.05, 4.69) is 0 Å². The van der Waals surface area contributed by atoms with E-state index in [4.69, 9.17) is 14.6 Å². The second kappa shape index (κ2) is 4.79. The van der Waals surface area contributed by atoms with Gasteiger partial charge >= 0.3 is 5.97 Å². The van der Waals surface area contributed by atoms with Crippen LogP contribution >= 0.6 is 0 Å². The Bertz CT molecular complexity index is 371. The van der Waals surface area contributed by atoms with Crippen LogP contribution in [0.25, 0.3) is 0 Å². The zero-order chi connectivity index (χ0) is 11.4. The van der Waals surface area contributed by atoms with Gasteiger partial charge in [0.15, 0.2) is 0 Å². The van der Waals surface area contributed by atoms with Gasteiger partial charge in [-0.3, -0.25) is 0 Å². The van der Waals surface area contributed by atoms with Crippen LogP contribution < -0.4 is 4.74 Å². The van der Waals surface area contributed by atoms with Gasteiger partial charge in [0.2, 0.25) is 0 Å². The average Bonchev–Trinajstić information content (AvgIpc) is 2.20. The first-order chi connectivity index (χ1) is 7.11. The third-order valence-electron chi connectivity index (χ3n) is 2.16. The van der Waals surface area contributed by atoms with Crippen molar-refractivity contribution in [1.29, 1.82) is 0 Å². The van der Waals surface area contributed by atoms with E-state index in [1.807, 2.05) is 13.0 Å². The summed E-state index contributed by atoms with van der Waals surface area (Å²) in [6.07, 6.45) is 0. The standard InChI is InChI=1S/C11H14O4/c1-7-4-5-8(6-14-2)9(11(12)13)10(7)15-3/h4-5H,6H2,1-3H3,(H,12,13). The molecule has 0 unspecified atom stereocenters. The van der Waals surface area contributed by atoms with Crippen molar-refractivity contribution in [2.24, 2.45) is 0 Å². The Kier molecular flexibility index (Phi) is 3.68. The molecule has 0 amide bonds. The maximum absolute atomic E-state index is 11.1. The van der Waals surface area contributed by atoms with Gasteiger partial charge in [-0.05, 0) is 18.1 Å². The van der Waals surface area contributed by atoms with Crippen LogP contribution in [0, 0.1) is 6.92 Å². The molecule has 0 radical (unpaired) electrons. The molecule has 0 aliphatic rings. The largest absolute Gasteiger partial charge is 0.496 e. The first-order valence-corrected chi connectivity index (χ1v) is 4.50. The van der Waals surface area contributed by atoms with Gasteiger partial charge in [-0.15, -0.1) is 0 Å². The number of aryl methyl sites for hydroxylation is 1. The lowest BCUT2D eigenvalue weighted by Crippen LogP contribution is -2.07. The fraction of sp³-hybridized carbons (Fsp3) is 0.364. The number of rotatable bonds is 4. The summed E-state index contributed by atoms with van der Waals surface area (Å²) in [5.41, 5.74) is 1.60. The van der Waals surface area contributed by atoms with E-state index in [0.29, 0.717) is 11.3 Å². The van der Waals surface area contributed by atoms with Gasteiger partial charge in [0.05, 0.1) is 13.7 Å². The number of hydrogen-bond acceptors (Lipinski definition) is 3. The summed E-state index contributed by atoms with van der Waals surface area (Å²) in [5.74, 6) is -0.598. The number of methoxy groups -OCH3 is 2. The van der Waals surface area contributed by atoms with Crippen LogP contribution in [0.15, 0.2) is 12.1 Å². The average molecular weight is 210 g/mol. The van der Waals surface area contributed by atoms with Crippen LogP contribution in [-0.2, 0) is 11.3 Å². The van der Waals surface area contributed by atoms with Crippen molar-refractivity contribution in [3.8, 4) is 5.75 Å². The Labute approximate surface area is 88.4 Å². The van der Waals surface area contributed by atoms with Gasteiger partial charge in [0.25, 0.3) is 0 Å². The second-order valence-corrected chi connectivity index (χ2v) is 3.19. The minimum absolute atomic E-state index is 0.180. The monoisotopic (exact) mass is 210 g/mol. The van der Waals surface area contributed by atoms with Crippen LogP contribution in [0.1, 0.15) is 21.5 Å². The third kappa shape index (κ3) is 2.27. The van der Waals surface area contributed by atoms with E-state index < -0.39 is 5.97 Å². The highest BCUT2D eigenvalue weighted by Crippen LogP contribution is 2.27. The number of hydrogen-bond donors (Lipinski definition) is 1. The lowest BCUT2D eigenvalue weighted by atomic mass is 10.0. The summed E-state index contributed by atoms with van der Waals surface area (Å²) >= 11 is 0. The molecule has 1 aromatic rings. The van der Waals surface area contributed by atoms with Crippen molar-refractivity contribution in [1.82, 2.24) is 0 Å². The van der Waals surface area contributed by atoms with Crippen molar-refractivity contribution in [3.63, 3.8) is 0 Å². The Morgan fingerprint density at radius 1 is 1.40 bits per heavy atom. The van der Waals surface area contributed by atoms with E-state index in [9.17, 15) is 4.79 Å². The normalized spacial score (nSPS) is 10.1. The minimum atomic E-state index is -0.998. The maximum atomic E-state index is 11.1. The molecule has 0 aromatic heterocycles. The summed E-state index contributed by atoms with van der Waals surface area (Å²) in [4.78, 5) is 11.1. The van der Waals surface area contributed by atoms with Gasteiger partial charge < -0.3 is 14.6 Å². The molecule has 1 rings (SSSR count). The number of carboxylic acid groups (broad SMARTS) is 1. The van der Waals surface area contributed by atoms with E-state index >= 15 is 0 Å². The molecule has 15 heavy (non-hydrogen) atoms. The summed E-state index contributed by atoms with van der Waals surface area (Å²) in [6, 6.07) is 3.56. The highest BCUT2D eigenvalue weighted by molar-refractivity contribution is 5.93. The van der Waals surface area contributed by atoms with Crippen molar-refractivity contribution >= 4 is 5.97 Å². The second-order valence-electron chi connectivity index (χ2n) is 3.19. The van der Waals surface area contributed by atoms with E-state index in [1.165, 1.54) is 14.2 Å². The van der Waals surface area contributed by atoms with Gasteiger partial charge in [-0.1, -0.05) is 12.1 Å². The Morgan fingerprint density at radius 3 is 2.53 bits per heavy atom. The molecule has 0 bridgehead atoms. The number of ether oxygens (including phenoxy) is 2. The Balaban J connectivity index is 3.35. The fourth-order valence-electron chi connectivity index (χ4n) is 1.50. The quantitative estimate of drug-likeness (QED) is 0.823. The molecule has 0 heterocycles. The lowest BCUT2D eigenvalue weighted by molar-refractivity contribution is 0.0688. The highest BCUT2D eigenvalue weighted by Gasteiger charge is 2.17. The van der Waals surface area contributed by atoms with E-state index in [1.54, 1.807) is 6.07 Å². The molecule has 0 fully saturated rings. The molecule has 0 saturated carbocycles. The van der Waals surface area contributed by atoms with Gasteiger partial charge in [-0.25, -0.2) is 4.79 Å². The summed E-state index contributed by atoms with van der Waals surface area (Å²) in [6.45, 7) is 2.07. The number of carboxylic acids is 1. The fourth-order valence-corrected chi connectivity index (χ4v) is 1.50. The van der Waals surface area contributed by atoms with E-state index in [-0.39, 0.29) is 12.2 Å². The number of aromatic carboxylic acids is 1. The molecule has 82 valence electrons. The van der Waals surface area contributed by atoms with Crippen molar-refractivity contribution in [3.05, 3.63) is 28.8 Å². The SMILES string of the molecule is COCc1ccc(C)c(OC)c1C(=O)O. The molecule has 1 N–H and O–H groups in total. The predicted molar refractivity (Wildman–Crippen MR) is 55.4 cm³/mol. The van der Waals surface area contributed by atoms with Gasteiger partial charge in [-0.2, -0.15) is 0 Å². The molecule has 0 aliphatic heterocycles. The zero-order valence-electron chi connectivity index (χ0n) is 9.03. The van der Waals surface area contributed by atoms with Crippen molar-refractivity contribution in [2.75, 3.05) is 14.2 Å². The molecule has 1 aromatic carbocycles. The van der Waals surface area contributed by atoms with Crippen LogP contribution in [0.4, 0.5) is 0 Å². The van der Waals surface area contributed by atoms with Crippen molar-refractivity contribution < 1.29 is 19.4 Å². The lowest BCUT2D eigenvalue weighted by Gasteiger charge is -2.12. The minimum Gasteiger partial charge on any atom is -0.496 e. The number of benzene rings is 1. The zero-order valence-corrected chi connectivity index (χ0v) is 9.03. The van der Waals surface area contributed by atoms with Gasteiger partial charge in [0, 0.05) is 7.11 Å². The Morgan fingerprint density at radius 2 is 2.07 bits per heavy atom. The summed E-state index contributed by atoms with van der Waals surface area (Å²) in [5, 5.41) is 9.09. The maximum Gasteiger partial charge on any atom is 0.339 e.